The molecule has 96 valence electrons. The number of likely N-dealkylation sites (N-methyl/N-ethyl adjacent to an activating group) is 1. The second-order valence-corrected chi connectivity index (χ2v) is 5.06. The van der Waals surface area contributed by atoms with Crippen molar-refractivity contribution in [3.05, 3.63) is 47.5 Å². The van der Waals surface area contributed by atoms with E-state index in [2.05, 4.69) is 24.0 Å². The van der Waals surface area contributed by atoms with Gasteiger partial charge in [-0.15, -0.1) is 0 Å². The van der Waals surface area contributed by atoms with Gasteiger partial charge in [0.25, 0.3) is 0 Å². The lowest BCUT2D eigenvalue weighted by atomic mass is 9.95. The fourth-order valence-corrected chi connectivity index (χ4v) is 2.38. The number of nitrogens with one attached hydrogen (secondary N) is 1. The molecule has 2 rings (SSSR count). The highest BCUT2D eigenvalue weighted by molar-refractivity contribution is 5.82. The van der Waals surface area contributed by atoms with Crippen molar-refractivity contribution < 1.29 is 4.79 Å². The molecule has 1 amide bonds. The van der Waals surface area contributed by atoms with Gasteiger partial charge in [0.1, 0.15) is 0 Å². The average molecular weight is 244 g/mol. The first kappa shape index (κ1) is 12.8. The van der Waals surface area contributed by atoms with E-state index in [1.54, 1.807) is 4.90 Å². The van der Waals surface area contributed by atoms with Gasteiger partial charge in [0.15, 0.2) is 0 Å². The molecular weight excluding hydrogens is 224 g/mol. The third-order valence-electron chi connectivity index (χ3n) is 3.26. The van der Waals surface area contributed by atoms with Crippen LogP contribution in [0.5, 0.6) is 0 Å². The van der Waals surface area contributed by atoms with Gasteiger partial charge in [0, 0.05) is 20.1 Å². The lowest BCUT2D eigenvalue weighted by molar-refractivity contribution is -0.131. The molecule has 1 atom stereocenters. The van der Waals surface area contributed by atoms with Crippen LogP contribution in [0.25, 0.3) is 0 Å². The smallest absolute Gasteiger partial charge is 0.240 e. The monoisotopic (exact) mass is 244 g/mol. The molecule has 1 N–H and O–H groups in total. The molecule has 1 aromatic carbocycles. The minimum absolute atomic E-state index is 0.107. The predicted molar refractivity (Wildman–Crippen MR) is 73.2 cm³/mol. The number of amides is 1. The lowest BCUT2D eigenvalue weighted by Crippen LogP contribution is -2.48. The first-order valence-corrected chi connectivity index (χ1v) is 6.27. The van der Waals surface area contributed by atoms with E-state index < -0.39 is 0 Å². The van der Waals surface area contributed by atoms with Crippen LogP contribution in [0.2, 0.25) is 0 Å². The average Bonchev–Trinajstić information content (AvgIpc) is 2.36. The van der Waals surface area contributed by atoms with E-state index in [9.17, 15) is 4.79 Å². The van der Waals surface area contributed by atoms with E-state index in [0.717, 1.165) is 18.5 Å². The third kappa shape index (κ3) is 2.79. The number of hydrogen-bond donors (Lipinski definition) is 1. The Balaban J connectivity index is 2.04. The van der Waals surface area contributed by atoms with Crippen molar-refractivity contribution in [3.8, 4) is 0 Å². The number of fused-ring (bicyclic) bond motifs is 1. The van der Waals surface area contributed by atoms with Gasteiger partial charge in [0.2, 0.25) is 5.91 Å². The van der Waals surface area contributed by atoms with Gasteiger partial charge < -0.3 is 10.2 Å². The minimum Gasteiger partial charge on any atom is -0.340 e. The van der Waals surface area contributed by atoms with Crippen LogP contribution in [0, 0.1) is 0 Å². The largest absolute Gasteiger partial charge is 0.340 e. The van der Waals surface area contributed by atoms with Crippen molar-refractivity contribution in [1.82, 2.24) is 10.2 Å². The van der Waals surface area contributed by atoms with Gasteiger partial charge in [-0.25, -0.2) is 0 Å². The van der Waals surface area contributed by atoms with Crippen molar-refractivity contribution in [1.29, 1.82) is 0 Å². The molecule has 3 heteroatoms. The van der Waals surface area contributed by atoms with Crippen LogP contribution in [0.1, 0.15) is 18.1 Å². The maximum Gasteiger partial charge on any atom is 0.240 e. The Morgan fingerprint density at radius 1 is 1.44 bits per heavy atom. The predicted octanol–water partition coefficient (Wildman–Crippen LogP) is 1.74. The molecule has 18 heavy (non-hydrogen) atoms. The Labute approximate surface area is 108 Å². The van der Waals surface area contributed by atoms with E-state index in [0.29, 0.717) is 6.54 Å². The Bertz CT molecular complexity index is 467. The highest BCUT2D eigenvalue weighted by Gasteiger charge is 2.26. The van der Waals surface area contributed by atoms with Gasteiger partial charge in [-0.1, -0.05) is 36.4 Å². The van der Waals surface area contributed by atoms with Gasteiger partial charge in [-0.2, -0.15) is 0 Å². The molecule has 1 aliphatic heterocycles. The SMILES string of the molecule is C=C(C)CN(C)C(=O)[C@H]1Cc2ccccc2CN1. The molecule has 1 aromatic rings. The number of benzene rings is 1. The molecule has 0 aromatic heterocycles. The summed E-state index contributed by atoms with van der Waals surface area (Å²) in [7, 11) is 1.83. The molecule has 0 fully saturated rings. The summed E-state index contributed by atoms with van der Waals surface area (Å²) in [4.78, 5) is 14.0. The van der Waals surface area contributed by atoms with Crippen molar-refractivity contribution in [3.63, 3.8) is 0 Å². The maximum atomic E-state index is 12.3. The van der Waals surface area contributed by atoms with Crippen molar-refractivity contribution in [2.45, 2.75) is 25.9 Å². The normalized spacial score (nSPS) is 18.0. The van der Waals surface area contributed by atoms with E-state index in [4.69, 9.17) is 0 Å². The summed E-state index contributed by atoms with van der Waals surface area (Å²) in [5, 5.41) is 3.31. The Hall–Kier alpha value is -1.61. The number of rotatable bonds is 3. The van der Waals surface area contributed by atoms with Crippen LogP contribution >= 0.6 is 0 Å². The Kier molecular flexibility index (Phi) is 3.82. The van der Waals surface area contributed by atoms with Crippen molar-refractivity contribution >= 4 is 5.91 Å². The summed E-state index contributed by atoms with van der Waals surface area (Å²) in [5.74, 6) is 0.146. The molecule has 0 saturated carbocycles. The zero-order chi connectivity index (χ0) is 13.1. The van der Waals surface area contributed by atoms with E-state index in [-0.39, 0.29) is 11.9 Å². The minimum atomic E-state index is -0.107. The van der Waals surface area contributed by atoms with Crippen LogP contribution in [0.4, 0.5) is 0 Å². The highest BCUT2D eigenvalue weighted by atomic mass is 16.2. The number of carbonyl (C=O) groups excluding carboxylic acids is 1. The number of hydrogen-bond acceptors (Lipinski definition) is 2. The highest BCUT2D eigenvalue weighted by Crippen LogP contribution is 2.17. The topological polar surface area (TPSA) is 32.3 Å². The first-order chi connectivity index (χ1) is 8.58. The molecule has 1 heterocycles. The van der Waals surface area contributed by atoms with Crippen LogP contribution in [0.3, 0.4) is 0 Å². The zero-order valence-electron chi connectivity index (χ0n) is 11.1. The van der Waals surface area contributed by atoms with Gasteiger partial charge in [0.05, 0.1) is 6.04 Å². The van der Waals surface area contributed by atoms with Crippen LogP contribution in [0.15, 0.2) is 36.4 Å². The summed E-state index contributed by atoms with van der Waals surface area (Å²) in [5.41, 5.74) is 3.57. The summed E-state index contributed by atoms with van der Waals surface area (Å²) in [6, 6.07) is 8.18. The Morgan fingerprint density at radius 3 is 2.78 bits per heavy atom. The van der Waals surface area contributed by atoms with E-state index >= 15 is 0 Å². The van der Waals surface area contributed by atoms with Crippen LogP contribution < -0.4 is 5.32 Å². The molecule has 0 saturated heterocycles. The molecular formula is C15H20N2O. The van der Waals surface area contributed by atoms with E-state index in [1.807, 2.05) is 26.1 Å². The fourth-order valence-electron chi connectivity index (χ4n) is 2.38. The van der Waals surface area contributed by atoms with Crippen molar-refractivity contribution in [2.75, 3.05) is 13.6 Å². The first-order valence-electron chi connectivity index (χ1n) is 6.27. The quantitative estimate of drug-likeness (QED) is 0.821. The van der Waals surface area contributed by atoms with E-state index in [1.165, 1.54) is 11.1 Å². The van der Waals surface area contributed by atoms with Gasteiger partial charge >= 0.3 is 0 Å². The van der Waals surface area contributed by atoms with Crippen molar-refractivity contribution in [2.24, 2.45) is 0 Å². The lowest BCUT2D eigenvalue weighted by Gasteiger charge is -2.29. The molecule has 0 radical (unpaired) electrons. The summed E-state index contributed by atoms with van der Waals surface area (Å²) >= 11 is 0. The molecule has 0 bridgehead atoms. The molecule has 1 aliphatic rings. The molecule has 3 nitrogen and oxygen atoms in total. The third-order valence-corrected chi connectivity index (χ3v) is 3.26. The molecule has 0 unspecified atom stereocenters. The number of nitrogens with zero attached hydrogens (tertiary/aromatic N) is 1. The number of carbonyl (C=O) groups is 1. The molecule has 0 aliphatic carbocycles. The second kappa shape index (κ2) is 5.36. The van der Waals surface area contributed by atoms with Crippen LogP contribution in [-0.4, -0.2) is 30.4 Å². The Morgan fingerprint density at radius 2 is 2.11 bits per heavy atom. The summed E-state index contributed by atoms with van der Waals surface area (Å²) in [6.07, 6.45) is 0.773. The maximum absolute atomic E-state index is 12.3. The van der Waals surface area contributed by atoms with Gasteiger partial charge in [-0.3, -0.25) is 4.79 Å². The fraction of sp³-hybridized carbons (Fsp3) is 0.400. The summed E-state index contributed by atoms with van der Waals surface area (Å²) < 4.78 is 0. The zero-order valence-corrected chi connectivity index (χ0v) is 11.1. The van der Waals surface area contributed by atoms with Gasteiger partial charge in [-0.05, 0) is 24.5 Å². The molecule has 0 spiro atoms. The standard InChI is InChI=1S/C15H20N2O/c1-11(2)10-17(3)15(18)14-8-12-6-4-5-7-13(12)9-16-14/h4-7,14,16H,1,8-10H2,2-3H3/t14-/m1/s1. The second-order valence-electron chi connectivity index (χ2n) is 5.06. The van der Waals surface area contributed by atoms with Crippen LogP contribution in [-0.2, 0) is 17.8 Å². The summed E-state index contributed by atoms with van der Waals surface area (Å²) in [6.45, 7) is 7.18.